The normalized spacial score (nSPS) is 12.6. The Morgan fingerprint density at radius 1 is 1.11 bits per heavy atom. The molecule has 0 saturated carbocycles. The van der Waals surface area contributed by atoms with Gasteiger partial charge in [0.15, 0.2) is 0 Å². The van der Waals surface area contributed by atoms with E-state index in [9.17, 15) is 0 Å². The van der Waals surface area contributed by atoms with Crippen LogP contribution in [0, 0.1) is 0 Å². The smallest absolute Gasteiger partial charge is 0.117 e. The molecule has 2 rings (SSSR count). The maximum absolute atomic E-state index is 5.67. The Labute approximate surface area is 117 Å². The van der Waals surface area contributed by atoms with Crippen molar-refractivity contribution in [2.24, 2.45) is 0 Å². The molecule has 1 atom stereocenters. The molecule has 1 aromatic heterocycles. The largest absolute Gasteiger partial charge is 0.465 e. The van der Waals surface area contributed by atoms with E-state index in [0.717, 1.165) is 29.0 Å². The molecule has 0 bridgehead atoms. The Kier molecular flexibility index (Phi) is 4.61. The first-order valence-corrected chi connectivity index (χ1v) is 7.04. The molecular weight excluding hydrogens is 290 g/mol. The summed E-state index contributed by atoms with van der Waals surface area (Å²) >= 11 is 3.45. The van der Waals surface area contributed by atoms with Crippen LogP contribution < -0.4 is 5.32 Å². The van der Waals surface area contributed by atoms with Crippen LogP contribution >= 0.6 is 15.9 Å². The lowest BCUT2D eigenvalue weighted by Crippen LogP contribution is -2.17. The standard InChI is InChI=1S/C15H18BrNO/c1-3-14-8-9-15(18-14)10-17-11(2)12-4-6-13(16)7-5-12/h4-9,11,17H,3,10H2,1-2H3. The van der Waals surface area contributed by atoms with Crippen LogP contribution in [-0.4, -0.2) is 0 Å². The minimum Gasteiger partial charge on any atom is -0.465 e. The van der Waals surface area contributed by atoms with Gasteiger partial charge in [-0.3, -0.25) is 0 Å². The average Bonchev–Trinajstić information content (AvgIpc) is 2.85. The van der Waals surface area contributed by atoms with E-state index in [1.165, 1.54) is 5.56 Å². The molecule has 2 aromatic rings. The summed E-state index contributed by atoms with van der Waals surface area (Å²) in [6.45, 7) is 5.02. The Morgan fingerprint density at radius 2 is 1.78 bits per heavy atom. The van der Waals surface area contributed by atoms with Gasteiger partial charge in [-0.15, -0.1) is 0 Å². The number of halogens is 1. The van der Waals surface area contributed by atoms with E-state index < -0.39 is 0 Å². The van der Waals surface area contributed by atoms with Crippen molar-refractivity contribution in [3.8, 4) is 0 Å². The first kappa shape index (κ1) is 13.4. The van der Waals surface area contributed by atoms with Gasteiger partial charge in [0.05, 0.1) is 6.54 Å². The van der Waals surface area contributed by atoms with E-state index in [0.29, 0.717) is 6.04 Å². The van der Waals surface area contributed by atoms with Gasteiger partial charge >= 0.3 is 0 Å². The average molecular weight is 308 g/mol. The van der Waals surface area contributed by atoms with E-state index in [1.807, 2.05) is 12.1 Å². The summed E-state index contributed by atoms with van der Waals surface area (Å²) in [5.74, 6) is 2.04. The molecule has 0 amide bonds. The molecule has 0 saturated heterocycles. The van der Waals surface area contributed by atoms with Gasteiger partial charge in [0.25, 0.3) is 0 Å². The maximum Gasteiger partial charge on any atom is 0.117 e. The van der Waals surface area contributed by atoms with Crippen LogP contribution in [0.3, 0.4) is 0 Å². The van der Waals surface area contributed by atoms with E-state index in [-0.39, 0.29) is 0 Å². The fourth-order valence-electron chi connectivity index (χ4n) is 1.83. The summed E-state index contributed by atoms with van der Waals surface area (Å²) in [7, 11) is 0. The highest BCUT2D eigenvalue weighted by atomic mass is 79.9. The van der Waals surface area contributed by atoms with Gasteiger partial charge in [-0.1, -0.05) is 35.0 Å². The zero-order valence-corrected chi connectivity index (χ0v) is 12.3. The van der Waals surface area contributed by atoms with Crippen molar-refractivity contribution in [2.75, 3.05) is 0 Å². The third-order valence-corrected chi connectivity index (χ3v) is 3.55. The highest BCUT2D eigenvalue weighted by Crippen LogP contribution is 2.17. The van der Waals surface area contributed by atoms with Gasteiger partial charge < -0.3 is 9.73 Å². The molecule has 0 spiro atoms. The molecule has 3 heteroatoms. The van der Waals surface area contributed by atoms with Crippen LogP contribution in [0.5, 0.6) is 0 Å². The Morgan fingerprint density at radius 3 is 2.39 bits per heavy atom. The van der Waals surface area contributed by atoms with Crippen molar-refractivity contribution in [3.63, 3.8) is 0 Å². The van der Waals surface area contributed by atoms with Crippen molar-refractivity contribution in [3.05, 3.63) is 58.0 Å². The molecule has 0 aliphatic rings. The molecular formula is C15H18BrNO. The summed E-state index contributed by atoms with van der Waals surface area (Å²) in [6, 6.07) is 12.8. The summed E-state index contributed by atoms with van der Waals surface area (Å²) in [5, 5.41) is 3.46. The van der Waals surface area contributed by atoms with Gasteiger partial charge in [-0.05, 0) is 36.8 Å². The molecule has 18 heavy (non-hydrogen) atoms. The monoisotopic (exact) mass is 307 g/mol. The van der Waals surface area contributed by atoms with Crippen LogP contribution in [0.1, 0.15) is 37.0 Å². The number of hydrogen-bond acceptors (Lipinski definition) is 2. The number of aryl methyl sites for hydroxylation is 1. The number of hydrogen-bond donors (Lipinski definition) is 1. The Bertz CT molecular complexity index is 489. The molecule has 0 aliphatic carbocycles. The SMILES string of the molecule is CCc1ccc(CNC(C)c2ccc(Br)cc2)o1. The van der Waals surface area contributed by atoms with Gasteiger partial charge in [-0.25, -0.2) is 0 Å². The van der Waals surface area contributed by atoms with E-state index in [4.69, 9.17) is 4.42 Å². The van der Waals surface area contributed by atoms with Crippen LogP contribution in [0.15, 0.2) is 45.3 Å². The lowest BCUT2D eigenvalue weighted by Gasteiger charge is -2.13. The van der Waals surface area contributed by atoms with Crippen molar-refractivity contribution >= 4 is 15.9 Å². The fraction of sp³-hybridized carbons (Fsp3) is 0.333. The second kappa shape index (κ2) is 6.21. The number of rotatable bonds is 5. The molecule has 0 aliphatic heterocycles. The van der Waals surface area contributed by atoms with Crippen LogP contribution in [-0.2, 0) is 13.0 Å². The summed E-state index contributed by atoms with van der Waals surface area (Å²) in [6.07, 6.45) is 0.947. The predicted molar refractivity (Wildman–Crippen MR) is 77.5 cm³/mol. The van der Waals surface area contributed by atoms with Crippen molar-refractivity contribution in [1.82, 2.24) is 5.32 Å². The van der Waals surface area contributed by atoms with Gasteiger partial charge in [0, 0.05) is 16.9 Å². The number of nitrogens with one attached hydrogen (secondary N) is 1. The molecule has 1 N–H and O–H groups in total. The predicted octanol–water partition coefficient (Wildman–Crippen LogP) is 4.46. The van der Waals surface area contributed by atoms with Gasteiger partial charge in [0.2, 0.25) is 0 Å². The first-order valence-electron chi connectivity index (χ1n) is 6.25. The quantitative estimate of drug-likeness (QED) is 0.882. The number of furan rings is 1. The summed E-state index contributed by atoms with van der Waals surface area (Å²) in [5.41, 5.74) is 1.28. The Balaban J connectivity index is 1.91. The van der Waals surface area contributed by atoms with Gasteiger partial charge in [-0.2, -0.15) is 0 Å². The van der Waals surface area contributed by atoms with E-state index >= 15 is 0 Å². The molecule has 1 heterocycles. The highest BCUT2D eigenvalue weighted by molar-refractivity contribution is 9.10. The van der Waals surface area contributed by atoms with Crippen LogP contribution in [0.2, 0.25) is 0 Å². The zero-order chi connectivity index (χ0) is 13.0. The second-order valence-electron chi connectivity index (χ2n) is 4.38. The van der Waals surface area contributed by atoms with Crippen LogP contribution in [0.25, 0.3) is 0 Å². The third-order valence-electron chi connectivity index (χ3n) is 3.02. The molecule has 0 radical (unpaired) electrons. The minimum atomic E-state index is 0.313. The van der Waals surface area contributed by atoms with Crippen LogP contribution in [0.4, 0.5) is 0 Å². The summed E-state index contributed by atoms with van der Waals surface area (Å²) < 4.78 is 6.78. The lowest BCUT2D eigenvalue weighted by atomic mass is 10.1. The molecule has 0 fully saturated rings. The molecule has 1 unspecified atom stereocenters. The van der Waals surface area contributed by atoms with Crippen molar-refractivity contribution in [2.45, 2.75) is 32.9 Å². The van der Waals surface area contributed by atoms with Crippen molar-refractivity contribution in [1.29, 1.82) is 0 Å². The number of benzene rings is 1. The summed E-state index contributed by atoms with van der Waals surface area (Å²) in [4.78, 5) is 0. The van der Waals surface area contributed by atoms with Gasteiger partial charge in [0.1, 0.15) is 11.5 Å². The molecule has 2 nitrogen and oxygen atoms in total. The second-order valence-corrected chi connectivity index (χ2v) is 5.29. The molecule has 96 valence electrons. The molecule has 1 aromatic carbocycles. The third kappa shape index (κ3) is 3.47. The zero-order valence-electron chi connectivity index (χ0n) is 10.7. The first-order chi connectivity index (χ1) is 8.69. The Hall–Kier alpha value is -1.06. The maximum atomic E-state index is 5.67. The van der Waals surface area contributed by atoms with Crippen molar-refractivity contribution < 1.29 is 4.42 Å². The lowest BCUT2D eigenvalue weighted by molar-refractivity contribution is 0.435. The highest BCUT2D eigenvalue weighted by Gasteiger charge is 2.06. The fourth-order valence-corrected chi connectivity index (χ4v) is 2.09. The van der Waals surface area contributed by atoms with E-state index in [1.54, 1.807) is 0 Å². The topological polar surface area (TPSA) is 25.2 Å². The minimum absolute atomic E-state index is 0.313. The van der Waals surface area contributed by atoms with E-state index in [2.05, 4.69) is 59.4 Å².